The minimum Gasteiger partial charge on any atom is -0.497 e. The fourth-order valence-corrected chi connectivity index (χ4v) is 2.22. The van der Waals surface area contributed by atoms with Crippen LogP contribution < -0.4 is 10.5 Å². The first-order valence-corrected chi connectivity index (χ1v) is 6.91. The summed E-state index contributed by atoms with van der Waals surface area (Å²) < 4.78 is 5.09. The highest BCUT2D eigenvalue weighted by Gasteiger charge is 1.98. The van der Waals surface area contributed by atoms with Crippen LogP contribution in [0.5, 0.6) is 5.75 Å². The highest BCUT2D eigenvalue weighted by molar-refractivity contribution is 8.13. The number of thioether (sulfide) groups is 1. The van der Waals surface area contributed by atoms with E-state index < -0.39 is 0 Å². The van der Waals surface area contributed by atoms with Crippen LogP contribution in [0.15, 0.2) is 59.6 Å². The van der Waals surface area contributed by atoms with Crippen LogP contribution in [0, 0.1) is 0 Å². The molecule has 0 aliphatic carbocycles. The molecule has 0 aliphatic rings. The first-order valence-electron chi connectivity index (χ1n) is 5.93. The minimum atomic E-state index is 0.564. The van der Waals surface area contributed by atoms with E-state index in [2.05, 4.69) is 17.1 Å². The zero-order valence-corrected chi connectivity index (χ0v) is 11.6. The van der Waals surface area contributed by atoms with Crippen LogP contribution in [-0.4, -0.2) is 12.3 Å². The van der Waals surface area contributed by atoms with Gasteiger partial charge in [-0.25, -0.2) is 4.99 Å². The van der Waals surface area contributed by atoms with Crippen molar-refractivity contribution in [2.24, 2.45) is 10.7 Å². The van der Waals surface area contributed by atoms with Gasteiger partial charge in [0.1, 0.15) is 5.75 Å². The lowest BCUT2D eigenvalue weighted by molar-refractivity contribution is 0.415. The van der Waals surface area contributed by atoms with Gasteiger partial charge in [-0.15, -0.1) is 0 Å². The van der Waals surface area contributed by atoms with Crippen molar-refractivity contribution in [2.45, 2.75) is 5.75 Å². The Hall–Kier alpha value is -1.94. The van der Waals surface area contributed by atoms with Crippen LogP contribution in [0.25, 0.3) is 0 Å². The molecule has 0 aromatic heterocycles. The maximum absolute atomic E-state index is 5.91. The maximum atomic E-state index is 5.91. The highest BCUT2D eigenvalue weighted by atomic mass is 32.2. The molecule has 0 spiro atoms. The second-order valence-electron chi connectivity index (χ2n) is 3.92. The molecule has 0 fully saturated rings. The molecule has 19 heavy (non-hydrogen) atoms. The molecule has 0 unspecified atom stereocenters. The number of rotatable bonds is 4. The van der Waals surface area contributed by atoms with Gasteiger partial charge in [-0.2, -0.15) is 0 Å². The van der Waals surface area contributed by atoms with Crippen molar-refractivity contribution in [1.82, 2.24) is 0 Å². The number of nitrogens with two attached hydrogens (primary N) is 1. The number of aliphatic imine (C=N–C) groups is 1. The first-order chi connectivity index (χ1) is 9.28. The predicted molar refractivity (Wildman–Crippen MR) is 82.0 cm³/mol. The molecule has 2 N–H and O–H groups in total. The zero-order valence-electron chi connectivity index (χ0n) is 10.7. The van der Waals surface area contributed by atoms with Crippen molar-refractivity contribution < 1.29 is 4.74 Å². The second kappa shape index (κ2) is 6.85. The van der Waals surface area contributed by atoms with Crippen molar-refractivity contribution in [3.8, 4) is 5.75 Å². The molecule has 3 nitrogen and oxygen atoms in total. The molecule has 98 valence electrons. The maximum Gasteiger partial charge on any atom is 0.159 e. The van der Waals surface area contributed by atoms with Gasteiger partial charge in [-0.05, 0) is 29.8 Å². The summed E-state index contributed by atoms with van der Waals surface area (Å²) in [6.07, 6.45) is 0. The number of hydrogen-bond donors (Lipinski definition) is 1. The van der Waals surface area contributed by atoms with Crippen molar-refractivity contribution in [3.63, 3.8) is 0 Å². The van der Waals surface area contributed by atoms with E-state index in [0.29, 0.717) is 5.17 Å². The number of ether oxygens (including phenoxy) is 1. The van der Waals surface area contributed by atoms with Crippen LogP contribution in [0.3, 0.4) is 0 Å². The minimum absolute atomic E-state index is 0.564. The normalized spacial score (nSPS) is 11.3. The van der Waals surface area contributed by atoms with Gasteiger partial charge in [0.25, 0.3) is 0 Å². The van der Waals surface area contributed by atoms with E-state index in [9.17, 15) is 0 Å². The lowest BCUT2D eigenvalue weighted by Crippen LogP contribution is -2.06. The van der Waals surface area contributed by atoms with Crippen LogP contribution >= 0.6 is 11.8 Å². The molecule has 2 aromatic rings. The topological polar surface area (TPSA) is 47.6 Å². The van der Waals surface area contributed by atoms with Crippen molar-refractivity contribution in [2.75, 3.05) is 7.11 Å². The van der Waals surface area contributed by atoms with Crippen LogP contribution in [0.4, 0.5) is 5.69 Å². The molecule has 4 heteroatoms. The quantitative estimate of drug-likeness (QED) is 0.683. The molecular formula is C15H16N2OS. The predicted octanol–water partition coefficient (Wildman–Crippen LogP) is 3.57. The Bertz CT molecular complexity index is 538. The summed E-state index contributed by atoms with van der Waals surface area (Å²) in [5.41, 5.74) is 7.97. The lowest BCUT2D eigenvalue weighted by atomic mass is 10.2. The third kappa shape index (κ3) is 4.34. The largest absolute Gasteiger partial charge is 0.497 e. The van der Waals surface area contributed by atoms with E-state index in [-0.39, 0.29) is 0 Å². The van der Waals surface area contributed by atoms with Gasteiger partial charge in [0, 0.05) is 5.75 Å². The monoisotopic (exact) mass is 272 g/mol. The molecule has 0 saturated carbocycles. The number of methoxy groups -OCH3 is 1. The average molecular weight is 272 g/mol. The first kappa shape index (κ1) is 13.5. The molecule has 0 heterocycles. The Morgan fingerprint density at radius 1 is 1.11 bits per heavy atom. The van der Waals surface area contributed by atoms with Crippen molar-refractivity contribution in [3.05, 3.63) is 60.2 Å². The molecule has 0 bridgehead atoms. The Morgan fingerprint density at radius 3 is 2.42 bits per heavy atom. The summed E-state index contributed by atoms with van der Waals surface area (Å²) in [7, 11) is 1.64. The van der Waals surface area contributed by atoms with E-state index in [0.717, 1.165) is 17.2 Å². The van der Waals surface area contributed by atoms with Gasteiger partial charge in [-0.3, -0.25) is 0 Å². The molecular weight excluding hydrogens is 256 g/mol. The summed E-state index contributed by atoms with van der Waals surface area (Å²) in [5, 5.41) is 0.564. The van der Waals surface area contributed by atoms with Gasteiger partial charge in [0.05, 0.1) is 12.8 Å². The Kier molecular flexibility index (Phi) is 4.86. The zero-order chi connectivity index (χ0) is 13.5. The summed E-state index contributed by atoms with van der Waals surface area (Å²) in [6, 6.07) is 17.7. The smallest absolute Gasteiger partial charge is 0.159 e. The average Bonchev–Trinajstić information content (AvgIpc) is 2.47. The number of amidine groups is 1. The third-order valence-electron chi connectivity index (χ3n) is 2.54. The second-order valence-corrected chi connectivity index (χ2v) is 4.92. The molecule has 2 rings (SSSR count). The summed E-state index contributed by atoms with van der Waals surface area (Å²) in [4.78, 5) is 4.35. The molecule has 0 amide bonds. The summed E-state index contributed by atoms with van der Waals surface area (Å²) >= 11 is 1.53. The number of hydrogen-bond acceptors (Lipinski definition) is 3. The van der Waals surface area contributed by atoms with Gasteiger partial charge in [0.2, 0.25) is 0 Å². The standard InChI is InChI=1S/C15H16N2OS/c1-18-14-9-7-13(8-10-14)17-15(16)19-11-12-5-3-2-4-6-12/h2-10H,11H2,1H3,(H2,16,17). The Balaban J connectivity index is 1.94. The molecule has 2 aromatic carbocycles. The van der Waals surface area contributed by atoms with E-state index in [1.165, 1.54) is 17.3 Å². The van der Waals surface area contributed by atoms with E-state index in [1.807, 2.05) is 42.5 Å². The molecule has 0 aliphatic heterocycles. The van der Waals surface area contributed by atoms with Gasteiger partial charge >= 0.3 is 0 Å². The van der Waals surface area contributed by atoms with E-state index in [1.54, 1.807) is 7.11 Å². The Morgan fingerprint density at radius 2 is 1.79 bits per heavy atom. The van der Waals surface area contributed by atoms with Gasteiger partial charge in [0.15, 0.2) is 5.17 Å². The third-order valence-corrected chi connectivity index (χ3v) is 3.41. The Labute approximate surface area is 117 Å². The fraction of sp³-hybridized carbons (Fsp3) is 0.133. The number of nitrogens with zero attached hydrogens (tertiary/aromatic N) is 1. The molecule has 0 saturated heterocycles. The summed E-state index contributed by atoms with van der Waals surface area (Å²) in [6.45, 7) is 0. The summed E-state index contributed by atoms with van der Waals surface area (Å²) in [5.74, 6) is 1.64. The fourth-order valence-electron chi connectivity index (χ4n) is 1.55. The van der Waals surface area contributed by atoms with Gasteiger partial charge in [-0.1, -0.05) is 42.1 Å². The van der Waals surface area contributed by atoms with E-state index >= 15 is 0 Å². The lowest BCUT2D eigenvalue weighted by Gasteiger charge is -2.02. The van der Waals surface area contributed by atoms with Crippen LogP contribution in [0.2, 0.25) is 0 Å². The number of benzene rings is 2. The molecule has 0 radical (unpaired) electrons. The van der Waals surface area contributed by atoms with Crippen molar-refractivity contribution >= 4 is 22.6 Å². The van der Waals surface area contributed by atoms with E-state index in [4.69, 9.17) is 10.5 Å². The highest BCUT2D eigenvalue weighted by Crippen LogP contribution is 2.20. The van der Waals surface area contributed by atoms with Crippen LogP contribution in [0.1, 0.15) is 5.56 Å². The SMILES string of the molecule is COc1ccc(N=C(N)SCc2ccccc2)cc1. The molecule has 0 atom stereocenters. The van der Waals surface area contributed by atoms with Crippen LogP contribution in [-0.2, 0) is 5.75 Å². The van der Waals surface area contributed by atoms with Gasteiger partial charge < -0.3 is 10.5 Å². The van der Waals surface area contributed by atoms with Crippen molar-refractivity contribution in [1.29, 1.82) is 0 Å².